The number of nitrogens with two attached hydrogens (primary N) is 1. The lowest BCUT2D eigenvalue weighted by atomic mass is 10.2. The molecule has 14 heavy (non-hydrogen) atoms. The number of aliphatic hydroxyl groups is 1. The first-order valence-corrected chi connectivity index (χ1v) is 5.69. The molecule has 0 radical (unpaired) electrons. The van der Waals surface area contributed by atoms with E-state index < -0.39 is 0 Å². The molecule has 1 saturated heterocycles. The molecular formula is C10H13NO2S. The van der Waals surface area contributed by atoms with Crippen LogP contribution < -0.4 is 10.5 Å². The van der Waals surface area contributed by atoms with Crippen LogP contribution in [0.4, 0.5) is 5.69 Å². The molecule has 0 aliphatic carbocycles. The Balaban J connectivity index is 2.00. The van der Waals surface area contributed by atoms with E-state index in [1.165, 1.54) is 0 Å². The zero-order chi connectivity index (χ0) is 9.97. The summed E-state index contributed by atoms with van der Waals surface area (Å²) in [5, 5.41) is 9.53. The average molecular weight is 211 g/mol. The Labute approximate surface area is 87.3 Å². The standard InChI is InChI=1S/C10H13NO2S/c11-7-1-3-8(4-2-7)13-10-6-14-5-9(10)12/h1-4,9-10,12H,5-6,11H2/t9-,10?/m1/s1. The molecule has 4 heteroatoms. The SMILES string of the molecule is Nc1ccc(OC2CSC[C@H]2O)cc1. The van der Waals surface area contributed by atoms with Crippen molar-refractivity contribution in [3.63, 3.8) is 0 Å². The fourth-order valence-electron chi connectivity index (χ4n) is 1.36. The first kappa shape index (κ1) is 9.68. The monoisotopic (exact) mass is 211 g/mol. The molecule has 1 aliphatic heterocycles. The Kier molecular flexibility index (Phi) is 2.84. The third kappa shape index (κ3) is 2.13. The first-order valence-electron chi connectivity index (χ1n) is 4.54. The van der Waals surface area contributed by atoms with Crippen LogP contribution in [0.25, 0.3) is 0 Å². The topological polar surface area (TPSA) is 55.5 Å². The number of hydrogen-bond acceptors (Lipinski definition) is 4. The summed E-state index contributed by atoms with van der Waals surface area (Å²) in [6.45, 7) is 0. The minimum atomic E-state index is -0.349. The number of rotatable bonds is 2. The highest BCUT2D eigenvalue weighted by Crippen LogP contribution is 2.24. The van der Waals surface area contributed by atoms with Gasteiger partial charge in [-0.2, -0.15) is 11.8 Å². The lowest BCUT2D eigenvalue weighted by Gasteiger charge is -2.16. The number of benzene rings is 1. The summed E-state index contributed by atoms with van der Waals surface area (Å²) in [7, 11) is 0. The van der Waals surface area contributed by atoms with Gasteiger partial charge in [0.25, 0.3) is 0 Å². The van der Waals surface area contributed by atoms with Crippen LogP contribution in [0, 0.1) is 0 Å². The molecule has 0 bridgehead atoms. The molecule has 0 amide bonds. The lowest BCUT2D eigenvalue weighted by molar-refractivity contribution is 0.0738. The van der Waals surface area contributed by atoms with Crippen LogP contribution >= 0.6 is 11.8 Å². The van der Waals surface area contributed by atoms with Gasteiger partial charge in [0.05, 0.1) is 0 Å². The minimum Gasteiger partial charge on any atom is -0.487 e. The van der Waals surface area contributed by atoms with Gasteiger partial charge in [0.15, 0.2) is 0 Å². The summed E-state index contributed by atoms with van der Waals surface area (Å²) in [5.74, 6) is 2.39. The van der Waals surface area contributed by atoms with Gasteiger partial charge in [-0.3, -0.25) is 0 Å². The molecule has 3 N–H and O–H groups in total. The van der Waals surface area contributed by atoms with Crippen LogP contribution in [-0.2, 0) is 0 Å². The van der Waals surface area contributed by atoms with Crippen LogP contribution in [0.2, 0.25) is 0 Å². The van der Waals surface area contributed by atoms with E-state index in [1.54, 1.807) is 23.9 Å². The molecule has 1 unspecified atom stereocenters. The van der Waals surface area contributed by atoms with Gasteiger partial charge in [-0.25, -0.2) is 0 Å². The number of thioether (sulfide) groups is 1. The normalized spacial score (nSPS) is 26.4. The van der Waals surface area contributed by atoms with E-state index in [1.807, 2.05) is 12.1 Å². The minimum absolute atomic E-state index is 0.0800. The highest BCUT2D eigenvalue weighted by Gasteiger charge is 2.27. The summed E-state index contributed by atoms with van der Waals surface area (Å²) in [4.78, 5) is 0. The van der Waals surface area contributed by atoms with Crippen LogP contribution in [0.1, 0.15) is 0 Å². The van der Waals surface area contributed by atoms with Gasteiger partial charge in [-0.05, 0) is 24.3 Å². The summed E-state index contributed by atoms with van der Waals surface area (Å²) < 4.78 is 5.62. The van der Waals surface area contributed by atoms with Crippen molar-refractivity contribution < 1.29 is 9.84 Å². The van der Waals surface area contributed by atoms with Gasteiger partial charge in [-0.15, -0.1) is 0 Å². The molecule has 1 heterocycles. The van der Waals surface area contributed by atoms with Crippen molar-refractivity contribution in [2.24, 2.45) is 0 Å². The molecule has 0 aromatic heterocycles. The van der Waals surface area contributed by atoms with E-state index in [0.29, 0.717) is 0 Å². The second-order valence-corrected chi connectivity index (χ2v) is 4.41. The average Bonchev–Trinajstić information content (AvgIpc) is 2.56. The van der Waals surface area contributed by atoms with Crippen LogP contribution in [0.15, 0.2) is 24.3 Å². The van der Waals surface area contributed by atoms with Crippen molar-refractivity contribution in [3.8, 4) is 5.75 Å². The zero-order valence-electron chi connectivity index (χ0n) is 7.72. The summed E-state index contributed by atoms with van der Waals surface area (Å²) in [5.41, 5.74) is 6.27. The fraction of sp³-hybridized carbons (Fsp3) is 0.400. The molecular weight excluding hydrogens is 198 g/mol. The molecule has 0 saturated carbocycles. The highest BCUT2D eigenvalue weighted by molar-refractivity contribution is 7.99. The maximum absolute atomic E-state index is 9.53. The zero-order valence-corrected chi connectivity index (χ0v) is 8.54. The number of aliphatic hydroxyl groups excluding tert-OH is 1. The van der Waals surface area contributed by atoms with E-state index in [9.17, 15) is 5.11 Å². The van der Waals surface area contributed by atoms with Gasteiger partial charge in [0.2, 0.25) is 0 Å². The van der Waals surface area contributed by atoms with Gasteiger partial charge >= 0.3 is 0 Å². The summed E-state index contributed by atoms with van der Waals surface area (Å²) in [6.07, 6.45) is -0.429. The molecule has 0 spiro atoms. The summed E-state index contributed by atoms with van der Waals surface area (Å²) >= 11 is 1.71. The van der Waals surface area contributed by atoms with E-state index >= 15 is 0 Å². The molecule has 1 aromatic carbocycles. The summed E-state index contributed by atoms with van der Waals surface area (Å²) in [6, 6.07) is 7.24. The quantitative estimate of drug-likeness (QED) is 0.720. The van der Waals surface area contributed by atoms with Gasteiger partial charge < -0.3 is 15.6 Å². The van der Waals surface area contributed by atoms with Crippen LogP contribution in [0.5, 0.6) is 5.75 Å². The number of anilines is 1. The van der Waals surface area contributed by atoms with Crippen molar-refractivity contribution >= 4 is 17.4 Å². The Hall–Kier alpha value is -0.870. The molecule has 1 fully saturated rings. The molecule has 2 atom stereocenters. The molecule has 76 valence electrons. The van der Waals surface area contributed by atoms with Gasteiger partial charge in [0, 0.05) is 17.2 Å². The maximum Gasteiger partial charge on any atom is 0.134 e. The molecule has 1 aliphatic rings. The number of nitrogen functional groups attached to an aromatic ring is 1. The fourth-order valence-corrected chi connectivity index (χ4v) is 2.47. The molecule has 2 rings (SSSR count). The maximum atomic E-state index is 9.53. The highest BCUT2D eigenvalue weighted by atomic mass is 32.2. The molecule has 3 nitrogen and oxygen atoms in total. The van der Waals surface area contributed by atoms with E-state index in [0.717, 1.165) is 22.9 Å². The van der Waals surface area contributed by atoms with E-state index in [2.05, 4.69) is 0 Å². The Morgan fingerprint density at radius 2 is 2.00 bits per heavy atom. The smallest absolute Gasteiger partial charge is 0.134 e. The third-order valence-corrected chi connectivity index (χ3v) is 3.31. The van der Waals surface area contributed by atoms with Crippen molar-refractivity contribution in [2.75, 3.05) is 17.2 Å². The van der Waals surface area contributed by atoms with Gasteiger partial charge in [-0.1, -0.05) is 0 Å². The van der Waals surface area contributed by atoms with Crippen LogP contribution in [0.3, 0.4) is 0 Å². The van der Waals surface area contributed by atoms with E-state index in [4.69, 9.17) is 10.5 Å². The van der Waals surface area contributed by atoms with Crippen molar-refractivity contribution in [1.82, 2.24) is 0 Å². The Morgan fingerprint density at radius 1 is 1.29 bits per heavy atom. The predicted octanol–water partition coefficient (Wildman–Crippen LogP) is 1.12. The lowest BCUT2D eigenvalue weighted by Crippen LogP contribution is -2.29. The predicted molar refractivity (Wildman–Crippen MR) is 58.6 cm³/mol. The second-order valence-electron chi connectivity index (χ2n) is 3.33. The first-order chi connectivity index (χ1) is 6.75. The Bertz CT molecular complexity index is 301. The van der Waals surface area contributed by atoms with E-state index in [-0.39, 0.29) is 12.2 Å². The third-order valence-electron chi connectivity index (χ3n) is 2.17. The van der Waals surface area contributed by atoms with Crippen LogP contribution in [-0.4, -0.2) is 28.8 Å². The van der Waals surface area contributed by atoms with Crippen molar-refractivity contribution in [3.05, 3.63) is 24.3 Å². The largest absolute Gasteiger partial charge is 0.487 e. The second kappa shape index (κ2) is 4.11. The number of ether oxygens (including phenoxy) is 1. The van der Waals surface area contributed by atoms with Crippen molar-refractivity contribution in [1.29, 1.82) is 0 Å². The molecule has 1 aromatic rings. The van der Waals surface area contributed by atoms with Crippen molar-refractivity contribution in [2.45, 2.75) is 12.2 Å². The Morgan fingerprint density at radius 3 is 2.57 bits per heavy atom. The number of hydrogen-bond donors (Lipinski definition) is 2. The van der Waals surface area contributed by atoms with Gasteiger partial charge in [0.1, 0.15) is 18.0 Å².